The van der Waals surface area contributed by atoms with Crippen LogP contribution in [0.25, 0.3) is 0 Å². The second-order valence-corrected chi connectivity index (χ2v) is 5.60. The van der Waals surface area contributed by atoms with Gasteiger partial charge < -0.3 is 4.74 Å². The normalized spacial score (nSPS) is 12.3. The minimum atomic E-state index is -3.76. The van der Waals surface area contributed by atoms with Crippen molar-refractivity contribution in [3.05, 3.63) is 29.6 Å². The molecule has 0 aliphatic heterocycles. The summed E-state index contributed by atoms with van der Waals surface area (Å²) in [4.78, 5) is 15.1. The number of nitrogens with zero attached hydrogens (tertiary/aromatic N) is 1. The molecule has 0 spiro atoms. The smallest absolute Gasteiger partial charge is 0.282 e. The Morgan fingerprint density at radius 3 is 2.65 bits per heavy atom. The number of halogens is 1. The lowest BCUT2D eigenvalue weighted by atomic mass is 10.2. The van der Waals surface area contributed by atoms with E-state index >= 15 is 0 Å². The van der Waals surface area contributed by atoms with Crippen molar-refractivity contribution in [1.82, 2.24) is 4.72 Å². The Morgan fingerprint density at radius 2 is 2.10 bits per heavy atom. The molecular weight excluding hydrogens is 287 g/mol. The van der Waals surface area contributed by atoms with Crippen LogP contribution in [0, 0.1) is 5.82 Å². The van der Waals surface area contributed by atoms with Gasteiger partial charge in [0.15, 0.2) is 5.90 Å². The molecule has 0 fully saturated rings. The van der Waals surface area contributed by atoms with Gasteiger partial charge in [-0.15, -0.1) is 0 Å². The van der Waals surface area contributed by atoms with E-state index in [1.807, 2.05) is 0 Å². The molecular formula is C12H15FN2O4S. The Kier molecular flexibility index (Phi) is 5.34. The van der Waals surface area contributed by atoms with Gasteiger partial charge in [-0.1, -0.05) is 0 Å². The average molecular weight is 302 g/mol. The number of hydrogen-bond acceptors (Lipinski definition) is 4. The maximum absolute atomic E-state index is 13.6. The van der Waals surface area contributed by atoms with E-state index in [-0.39, 0.29) is 10.8 Å². The summed E-state index contributed by atoms with van der Waals surface area (Å²) in [5, 5.41) is 0. The molecule has 0 heterocycles. The SMILES string of the molecule is CCOC(C)=NC(=O)c1cc(S(=O)(=O)NC)ccc1F. The van der Waals surface area contributed by atoms with Gasteiger partial charge in [0.05, 0.1) is 17.1 Å². The molecule has 0 saturated carbocycles. The molecule has 0 bridgehead atoms. The highest BCUT2D eigenvalue weighted by molar-refractivity contribution is 7.89. The molecule has 20 heavy (non-hydrogen) atoms. The Balaban J connectivity index is 3.22. The first kappa shape index (κ1) is 16.3. The van der Waals surface area contributed by atoms with Gasteiger partial charge >= 0.3 is 0 Å². The van der Waals surface area contributed by atoms with Gasteiger partial charge in [-0.2, -0.15) is 4.99 Å². The van der Waals surface area contributed by atoms with Crippen molar-refractivity contribution >= 4 is 21.8 Å². The largest absolute Gasteiger partial charge is 0.481 e. The second kappa shape index (κ2) is 6.58. The lowest BCUT2D eigenvalue weighted by molar-refractivity contribution is 0.0995. The van der Waals surface area contributed by atoms with Gasteiger partial charge in [-0.25, -0.2) is 17.5 Å². The summed E-state index contributed by atoms with van der Waals surface area (Å²) >= 11 is 0. The van der Waals surface area contributed by atoms with Crippen LogP contribution in [0.4, 0.5) is 4.39 Å². The van der Waals surface area contributed by atoms with Crippen molar-refractivity contribution in [2.45, 2.75) is 18.7 Å². The van der Waals surface area contributed by atoms with Crippen LogP contribution in [0.5, 0.6) is 0 Å². The summed E-state index contributed by atoms with van der Waals surface area (Å²) < 4.78 is 43.9. The van der Waals surface area contributed by atoms with Crippen molar-refractivity contribution in [1.29, 1.82) is 0 Å². The van der Waals surface area contributed by atoms with Crippen molar-refractivity contribution < 1.29 is 22.3 Å². The molecule has 1 rings (SSSR count). The summed E-state index contributed by atoms with van der Waals surface area (Å²) in [5.74, 6) is -1.67. The van der Waals surface area contributed by atoms with E-state index < -0.39 is 27.3 Å². The molecule has 1 N–H and O–H groups in total. The third-order valence-electron chi connectivity index (χ3n) is 2.36. The fourth-order valence-corrected chi connectivity index (χ4v) is 2.15. The molecule has 0 aromatic heterocycles. The standard InChI is InChI=1S/C12H15FN2O4S/c1-4-19-8(2)15-12(16)10-7-9(5-6-11(10)13)20(17,18)14-3/h5-7,14H,4H2,1-3H3. The first-order valence-corrected chi connectivity index (χ1v) is 7.25. The maximum atomic E-state index is 13.6. The molecule has 0 aliphatic rings. The molecule has 0 saturated heterocycles. The highest BCUT2D eigenvalue weighted by Crippen LogP contribution is 2.16. The van der Waals surface area contributed by atoms with E-state index in [1.54, 1.807) is 6.92 Å². The van der Waals surface area contributed by atoms with E-state index in [1.165, 1.54) is 14.0 Å². The number of aliphatic imine (C=N–C) groups is 1. The highest BCUT2D eigenvalue weighted by Gasteiger charge is 2.18. The lowest BCUT2D eigenvalue weighted by Gasteiger charge is -2.05. The summed E-state index contributed by atoms with van der Waals surface area (Å²) in [6.07, 6.45) is 0. The predicted octanol–water partition coefficient (Wildman–Crippen LogP) is 1.33. The quantitative estimate of drug-likeness (QED) is 0.671. The van der Waals surface area contributed by atoms with Gasteiger partial charge in [0.1, 0.15) is 5.82 Å². The molecule has 6 nitrogen and oxygen atoms in total. The zero-order valence-electron chi connectivity index (χ0n) is 11.3. The maximum Gasteiger partial charge on any atom is 0.282 e. The van der Waals surface area contributed by atoms with E-state index in [0.29, 0.717) is 6.61 Å². The number of ether oxygens (including phenoxy) is 1. The fraction of sp³-hybridized carbons (Fsp3) is 0.333. The fourth-order valence-electron chi connectivity index (χ4n) is 1.40. The first-order valence-electron chi connectivity index (χ1n) is 5.77. The van der Waals surface area contributed by atoms with E-state index in [2.05, 4.69) is 9.71 Å². The van der Waals surface area contributed by atoms with Crippen LogP contribution >= 0.6 is 0 Å². The van der Waals surface area contributed by atoms with Gasteiger partial charge in [-0.05, 0) is 32.2 Å². The van der Waals surface area contributed by atoms with Gasteiger partial charge in [-0.3, -0.25) is 4.79 Å². The molecule has 0 unspecified atom stereocenters. The summed E-state index contributed by atoms with van der Waals surface area (Å²) in [7, 11) is -2.54. The Bertz CT molecular complexity index is 641. The van der Waals surface area contributed by atoms with E-state index in [9.17, 15) is 17.6 Å². The van der Waals surface area contributed by atoms with Gasteiger partial charge in [0.25, 0.3) is 5.91 Å². The van der Waals surface area contributed by atoms with Crippen LogP contribution < -0.4 is 4.72 Å². The zero-order valence-corrected chi connectivity index (χ0v) is 12.1. The van der Waals surface area contributed by atoms with E-state index in [0.717, 1.165) is 18.2 Å². The topological polar surface area (TPSA) is 84.8 Å². The molecule has 1 aromatic carbocycles. The number of sulfonamides is 1. The second-order valence-electron chi connectivity index (χ2n) is 3.72. The summed E-state index contributed by atoms with van der Waals surface area (Å²) in [5.41, 5.74) is -0.430. The van der Waals surface area contributed by atoms with Crippen molar-refractivity contribution in [2.75, 3.05) is 13.7 Å². The van der Waals surface area contributed by atoms with Crippen LogP contribution in [-0.4, -0.2) is 33.9 Å². The summed E-state index contributed by atoms with van der Waals surface area (Å²) in [6, 6.07) is 2.91. The molecule has 1 amide bonds. The van der Waals surface area contributed by atoms with Crippen LogP contribution in [0.3, 0.4) is 0 Å². The number of carbonyl (C=O) groups is 1. The molecule has 1 aromatic rings. The van der Waals surface area contributed by atoms with E-state index in [4.69, 9.17) is 4.74 Å². The Hall–Kier alpha value is -1.80. The van der Waals surface area contributed by atoms with Crippen molar-refractivity contribution in [2.24, 2.45) is 4.99 Å². The Morgan fingerprint density at radius 1 is 1.45 bits per heavy atom. The van der Waals surface area contributed by atoms with Crippen LogP contribution in [0.15, 0.2) is 28.1 Å². The predicted molar refractivity (Wildman–Crippen MR) is 71.7 cm³/mol. The van der Waals surface area contributed by atoms with Gasteiger partial charge in [0, 0.05) is 6.92 Å². The number of nitrogens with one attached hydrogen (secondary N) is 1. The van der Waals surface area contributed by atoms with Crippen LogP contribution in [0.1, 0.15) is 24.2 Å². The number of carbonyl (C=O) groups excluding carboxylic acids is 1. The molecule has 0 radical (unpaired) electrons. The monoisotopic (exact) mass is 302 g/mol. The Labute approximate surface area is 116 Å². The number of rotatable bonds is 4. The van der Waals surface area contributed by atoms with Gasteiger partial charge in [0.2, 0.25) is 10.0 Å². The molecule has 0 aliphatic carbocycles. The number of hydrogen-bond donors (Lipinski definition) is 1. The minimum absolute atomic E-state index is 0.0822. The first-order chi connectivity index (χ1) is 9.31. The third-order valence-corrected chi connectivity index (χ3v) is 3.77. The number of benzene rings is 1. The zero-order chi connectivity index (χ0) is 15.3. The highest BCUT2D eigenvalue weighted by atomic mass is 32.2. The average Bonchev–Trinajstić information content (AvgIpc) is 2.39. The molecule has 0 atom stereocenters. The third kappa shape index (κ3) is 3.84. The van der Waals surface area contributed by atoms with Crippen LogP contribution in [-0.2, 0) is 14.8 Å². The minimum Gasteiger partial charge on any atom is -0.481 e. The molecule has 8 heteroatoms. The molecule has 110 valence electrons. The van der Waals surface area contributed by atoms with Crippen molar-refractivity contribution in [3.8, 4) is 0 Å². The number of amides is 1. The van der Waals surface area contributed by atoms with Crippen LogP contribution in [0.2, 0.25) is 0 Å². The summed E-state index contributed by atoms with van der Waals surface area (Å²) in [6.45, 7) is 3.48. The lowest BCUT2D eigenvalue weighted by Crippen LogP contribution is -2.19. The van der Waals surface area contributed by atoms with Crippen molar-refractivity contribution in [3.63, 3.8) is 0 Å².